The molecule has 3 rings (SSSR count). The van der Waals surface area contributed by atoms with E-state index in [1.807, 2.05) is 13.8 Å². The monoisotopic (exact) mass is 254 g/mol. The highest BCUT2D eigenvalue weighted by atomic mass is 16.7. The molecular formula is C14H26N2O2. The van der Waals surface area contributed by atoms with Crippen LogP contribution in [0.2, 0.25) is 0 Å². The van der Waals surface area contributed by atoms with Crippen molar-refractivity contribution in [2.75, 3.05) is 26.3 Å². The minimum atomic E-state index is -0.395. The fraction of sp³-hybridized carbons (Fsp3) is 1.00. The van der Waals surface area contributed by atoms with Gasteiger partial charge in [-0.2, -0.15) is 0 Å². The highest BCUT2D eigenvalue weighted by Gasteiger charge is 2.33. The lowest BCUT2D eigenvalue weighted by atomic mass is 10.0. The van der Waals surface area contributed by atoms with Gasteiger partial charge in [-0.25, -0.2) is 0 Å². The first-order valence-corrected chi connectivity index (χ1v) is 7.40. The Kier molecular flexibility index (Phi) is 3.63. The molecule has 0 spiro atoms. The second-order valence-corrected chi connectivity index (χ2v) is 6.43. The number of hydrogen-bond acceptors (Lipinski definition) is 4. The number of nitrogens with one attached hydrogen (secondary N) is 1. The smallest absolute Gasteiger partial charge is 0.162 e. The Morgan fingerprint density at radius 2 is 1.56 bits per heavy atom. The van der Waals surface area contributed by atoms with Crippen LogP contribution >= 0.6 is 0 Å². The van der Waals surface area contributed by atoms with Crippen LogP contribution in [-0.4, -0.2) is 55.1 Å². The molecule has 104 valence electrons. The number of piperidine rings is 1. The van der Waals surface area contributed by atoms with Crippen molar-refractivity contribution in [3.63, 3.8) is 0 Å². The fourth-order valence-corrected chi connectivity index (χ4v) is 2.99. The maximum Gasteiger partial charge on any atom is 0.162 e. The molecule has 0 atom stereocenters. The van der Waals surface area contributed by atoms with Gasteiger partial charge in [0.15, 0.2) is 5.79 Å². The zero-order valence-corrected chi connectivity index (χ0v) is 11.7. The normalized spacial score (nSPS) is 31.7. The SMILES string of the molecule is CC1(C)OCC(NC2CCN(C3CC3)CC2)CO1. The highest BCUT2D eigenvalue weighted by molar-refractivity contribution is 4.90. The van der Waals surface area contributed by atoms with Crippen molar-refractivity contribution in [1.29, 1.82) is 0 Å². The second-order valence-electron chi connectivity index (χ2n) is 6.43. The van der Waals surface area contributed by atoms with Crippen molar-refractivity contribution < 1.29 is 9.47 Å². The molecule has 1 aliphatic carbocycles. The second kappa shape index (κ2) is 5.08. The number of hydrogen-bond donors (Lipinski definition) is 1. The summed E-state index contributed by atoms with van der Waals surface area (Å²) in [5, 5.41) is 3.70. The van der Waals surface area contributed by atoms with Gasteiger partial charge in [0.05, 0.1) is 19.3 Å². The largest absolute Gasteiger partial charge is 0.349 e. The van der Waals surface area contributed by atoms with Crippen molar-refractivity contribution in [1.82, 2.24) is 10.2 Å². The molecule has 1 N–H and O–H groups in total. The standard InChI is InChI=1S/C14H26N2O2/c1-14(2)17-9-12(10-18-14)15-11-5-7-16(8-6-11)13-3-4-13/h11-13,15H,3-10H2,1-2H3. The summed E-state index contributed by atoms with van der Waals surface area (Å²) in [6.07, 6.45) is 5.40. The molecular weight excluding hydrogens is 228 g/mol. The van der Waals surface area contributed by atoms with E-state index in [9.17, 15) is 0 Å². The van der Waals surface area contributed by atoms with Crippen LogP contribution in [0.25, 0.3) is 0 Å². The van der Waals surface area contributed by atoms with E-state index < -0.39 is 5.79 Å². The van der Waals surface area contributed by atoms with E-state index in [4.69, 9.17) is 9.47 Å². The van der Waals surface area contributed by atoms with Gasteiger partial charge in [-0.15, -0.1) is 0 Å². The Hall–Kier alpha value is -0.160. The van der Waals surface area contributed by atoms with E-state index in [-0.39, 0.29) is 0 Å². The molecule has 0 amide bonds. The van der Waals surface area contributed by atoms with Gasteiger partial charge in [0.25, 0.3) is 0 Å². The van der Waals surface area contributed by atoms with Gasteiger partial charge < -0.3 is 19.7 Å². The average Bonchev–Trinajstić information content (AvgIpc) is 3.17. The minimum Gasteiger partial charge on any atom is -0.349 e. The number of ether oxygens (including phenoxy) is 2. The highest BCUT2D eigenvalue weighted by Crippen LogP contribution is 2.29. The number of rotatable bonds is 3. The first-order valence-electron chi connectivity index (χ1n) is 7.40. The number of likely N-dealkylation sites (tertiary alicyclic amines) is 1. The summed E-state index contributed by atoms with van der Waals surface area (Å²) in [6.45, 7) is 8.05. The minimum absolute atomic E-state index is 0.371. The Labute approximate surface area is 110 Å². The van der Waals surface area contributed by atoms with Crippen LogP contribution in [0.3, 0.4) is 0 Å². The molecule has 0 radical (unpaired) electrons. The molecule has 0 aromatic heterocycles. The van der Waals surface area contributed by atoms with Crippen molar-refractivity contribution in [2.45, 2.75) is 63.4 Å². The summed E-state index contributed by atoms with van der Waals surface area (Å²) >= 11 is 0. The van der Waals surface area contributed by atoms with E-state index in [1.165, 1.54) is 38.8 Å². The van der Waals surface area contributed by atoms with Crippen molar-refractivity contribution >= 4 is 0 Å². The number of nitrogens with zero attached hydrogens (tertiary/aromatic N) is 1. The van der Waals surface area contributed by atoms with Crippen LogP contribution < -0.4 is 5.32 Å². The van der Waals surface area contributed by atoms with Gasteiger partial charge in [-0.1, -0.05) is 0 Å². The Balaban J connectivity index is 1.39. The predicted molar refractivity (Wildman–Crippen MR) is 70.5 cm³/mol. The van der Waals surface area contributed by atoms with Gasteiger partial charge in [-0.05, 0) is 52.6 Å². The average molecular weight is 254 g/mol. The van der Waals surface area contributed by atoms with E-state index in [1.54, 1.807) is 0 Å². The lowest BCUT2D eigenvalue weighted by molar-refractivity contribution is -0.253. The molecule has 2 heterocycles. The summed E-state index contributed by atoms with van der Waals surface area (Å²) in [4.78, 5) is 2.66. The van der Waals surface area contributed by atoms with Crippen LogP contribution in [-0.2, 0) is 9.47 Å². The fourth-order valence-electron chi connectivity index (χ4n) is 2.99. The molecule has 18 heavy (non-hydrogen) atoms. The zero-order valence-electron chi connectivity index (χ0n) is 11.7. The molecule has 2 saturated heterocycles. The van der Waals surface area contributed by atoms with Gasteiger partial charge in [-0.3, -0.25) is 0 Å². The molecule has 3 aliphatic rings. The van der Waals surface area contributed by atoms with Crippen LogP contribution in [0.1, 0.15) is 39.5 Å². The lowest BCUT2D eigenvalue weighted by Gasteiger charge is -2.39. The molecule has 4 nitrogen and oxygen atoms in total. The van der Waals surface area contributed by atoms with Crippen LogP contribution in [0.15, 0.2) is 0 Å². The summed E-state index contributed by atoms with van der Waals surface area (Å²) in [7, 11) is 0. The van der Waals surface area contributed by atoms with Gasteiger partial charge >= 0.3 is 0 Å². The predicted octanol–water partition coefficient (Wildman–Crippen LogP) is 1.35. The van der Waals surface area contributed by atoms with Gasteiger partial charge in [0, 0.05) is 12.1 Å². The van der Waals surface area contributed by atoms with E-state index >= 15 is 0 Å². The van der Waals surface area contributed by atoms with Crippen molar-refractivity contribution in [3.8, 4) is 0 Å². The molecule has 2 aliphatic heterocycles. The quantitative estimate of drug-likeness (QED) is 0.824. The van der Waals surface area contributed by atoms with Crippen molar-refractivity contribution in [2.24, 2.45) is 0 Å². The van der Waals surface area contributed by atoms with Crippen LogP contribution in [0, 0.1) is 0 Å². The first kappa shape index (κ1) is 12.9. The van der Waals surface area contributed by atoms with Crippen LogP contribution in [0.4, 0.5) is 0 Å². The molecule has 0 aromatic carbocycles. The zero-order chi connectivity index (χ0) is 12.6. The van der Waals surface area contributed by atoms with Gasteiger partial charge in [0.1, 0.15) is 0 Å². The van der Waals surface area contributed by atoms with E-state index in [0.29, 0.717) is 12.1 Å². The molecule has 0 bridgehead atoms. The first-order chi connectivity index (χ1) is 8.62. The topological polar surface area (TPSA) is 33.7 Å². The third kappa shape index (κ3) is 3.23. The lowest BCUT2D eigenvalue weighted by Crippen LogP contribution is -2.53. The molecule has 0 aromatic rings. The summed E-state index contributed by atoms with van der Waals surface area (Å²) in [6, 6.07) is 1.95. The Morgan fingerprint density at radius 1 is 0.944 bits per heavy atom. The van der Waals surface area contributed by atoms with Gasteiger partial charge in [0.2, 0.25) is 0 Å². The molecule has 0 unspecified atom stereocenters. The summed E-state index contributed by atoms with van der Waals surface area (Å²) < 4.78 is 11.4. The molecule has 4 heteroatoms. The maximum atomic E-state index is 5.69. The van der Waals surface area contributed by atoms with E-state index in [0.717, 1.165) is 19.3 Å². The van der Waals surface area contributed by atoms with Crippen LogP contribution in [0.5, 0.6) is 0 Å². The Morgan fingerprint density at radius 3 is 2.11 bits per heavy atom. The molecule has 3 fully saturated rings. The summed E-state index contributed by atoms with van der Waals surface area (Å²) in [5.41, 5.74) is 0. The third-order valence-electron chi connectivity index (χ3n) is 4.33. The Bertz CT molecular complexity index is 274. The third-order valence-corrected chi connectivity index (χ3v) is 4.33. The van der Waals surface area contributed by atoms with Crippen molar-refractivity contribution in [3.05, 3.63) is 0 Å². The van der Waals surface area contributed by atoms with E-state index in [2.05, 4.69) is 10.2 Å². The molecule has 1 saturated carbocycles. The maximum absolute atomic E-state index is 5.69. The summed E-state index contributed by atoms with van der Waals surface area (Å²) in [5.74, 6) is -0.395.